The quantitative estimate of drug-likeness (QED) is 0.265. The highest BCUT2D eigenvalue weighted by Crippen LogP contribution is 2.30. The number of anilines is 1. The van der Waals surface area contributed by atoms with Crippen molar-refractivity contribution in [3.63, 3.8) is 0 Å². The van der Waals surface area contributed by atoms with E-state index in [1.165, 1.54) is 18.4 Å². The molecule has 0 bridgehead atoms. The number of nitrogens with one attached hydrogen (secondary N) is 3. The first kappa shape index (κ1) is 26.8. The second-order valence-corrected chi connectivity index (χ2v) is 10.7. The van der Waals surface area contributed by atoms with Crippen LogP contribution in [0.2, 0.25) is 0 Å². The number of amides is 2. The molecule has 12 heteroatoms. The van der Waals surface area contributed by atoms with Crippen LogP contribution in [0.4, 0.5) is 10.5 Å². The Hall–Kier alpha value is -2.80. The maximum atomic E-state index is 13.2. The fraction of sp³-hybridized carbons (Fsp3) is 0.348. The van der Waals surface area contributed by atoms with Crippen molar-refractivity contribution in [2.24, 2.45) is 5.92 Å². The number of aromatic nitrogens is 1. The lowest BCUT2D eigenvalue weighted by Crippen LogP contribution is -2.48. The number of nitrogens with zero attached hydrogens (tertiary/aromatic N) is 1. The molecule has 3 atom stereocenters. The summed E-state index contributed by atoms with van der Waals surface area (Å²) in [5, 5.41) is 10.4. The predicted molar refractivity (Wildman–Crippen MR) is 140 cm³/mol. The van der Waals surface area contributed by atoms with Crippen molar-refractivity contribution in [3.05, 3.63) is 57.7 Å². The largest absolute Gasteiger partial charge is 0.453 e. The van der Waals surface area contributed by atoms with Gasteiger partial charge in [-0.2, -0.15) is 0 Å². The molecule has 0 aliphatic rings. The molecule has 0 saturated heterocycles. The number of carbonyl (C=O) groups is 2. The van der Waals surface area contributed by atoms with E-state index < -0.39 is 29.4 Å². The van der Waals surface area contributed by atoms with Gasteiger partial charge in [-0.15, -0.1) is 22.7 Å². The summed E-state index contributed by atoms with van der Waals surface area (Å²) in [6, 6.07) is 9.79. The second-order valence-electron chi connectivity index (χ2n) is 8.18. The molecule has 2 aromatic heterocycles. The maximum Gasteiger partial charge on any atom is 0.407 e. The fourth-order valence-electron chi connectivity index (χ4n) is 3.41. The van der Waals surface area contributed by atoms with Gasteiger partial charge in [-0.3, -0.25) is 14.1 Å². The molecule has 0 spiro atoms. The minimum atomic E-state index is -2.16. The Morgan fingerprint density at radius 3 is 2.49 bits per heavy atom. The van der Waals surface area contributed by atoms with Crippen LogP contribution in [0.1, 0.15) is 36.9 Å². The third kappa shape index (κ3) is 8.13. The Balaban J connectivity index is 1.84. The van der Waals surface area contributed by atoms with Gasteiger partial charge >= 0.3 is 6.09 Å². The van der Waals surface area contributed by atoms with Crippen LogP contribution in [-0.4, -0.2) is 38.9 Å². The van der Waals surface area contributed by atoms with E-state index in [0.29, 0.717) is 18.5 Å². The van der Waals surface area contributed by atoms with Crippen LogP contribution in [0, 0.1) is 5.92 Å². The molecule has 0 aliphatic carbocycles. The summed E-state index contributed by atoms with van der Waals surface area (Å²) < 4.78 is 27.1. The van der Waals surface area contributed by atoms with Gasteiger partial charge in [0.25, 0.3) is 11.3 Å². The molecule has 1 aromatic carbocycles. The van der Waals surface area contributed by atoms with E-state index >= 15 is 0 Å². The lowest BCUT2D eigenvalue weighted by atomic mass is 10.0. The highest BCUT2D eigenvalue weighted by Gasteiger charge is 2.27. The molecule has 0 fully saturated rings. The van der Waals surface area contributed by atoms with Gasteiger partial charge in [-0.1, -0.05) is 32.0 Å². The van der Waals surface area contributed by atoms with Crippen molar-refractivity contribution >= 4 is 51.6 Å². The minimum absolute atomic E-state index is 0.170. The Kier molecular flexibility index (Phi) is 9.78. The number of alkyl carbamates (subject to hydrolysis) is 1. The Bertz CT molecular complexity index is 1130. The number of ether oxygens (including phenoxy) is 1. The van der Waals surface area contributed by atoms with E-state index in [0.717, 1.165) is 21.1 Å². The standard InChI is InChI=1S/C23H28N4O5S3/c1-14(2)11-17(26-23(29)32-3)21(28)24-18(12-15-6-8-16(9-7-15)27-35(30)31)22-25-19(13-34-22)20-5-4-10-33-20/h4-10,13-14,17-18,27H,11-12H2,1-3H3,(H,24,28)(H,26,29)(H,30,31)/t17-,18-/m0/s1. The lowest BCUT2D eigenvalue weighted by Gasteiger charge is -2.23. The molecule has 2 amide bonds. The number of methoxy groups -OCH3 is 1. The average molecular weight is 537 g/mol. The van der Waals surface area contributed by atoms with E-state index in [1.54, 1.807) is 23.5 Å². The molecule has 0 saturated carbocycles. The molecule has 0 radical (unpaired) electrons. The van der Waals surface area contributed by atoms with Gasteiger partial charge in [-0.05, 0) is 47.9 Å². The van der Waals surface area contributed by atoms with Crippen LogP contribution in [-0.2, 0) is 27.2 Å². The van der Waals surface area contributed by atoms with Crippen LogP contribution < -0.4 is 15.4 Å². The third-order valence-electron chi connectivity index (χ3n) is 5.01. The van der Waals surface area contributed by atoms with E-state index in [-0.39, 0.29) is 11.8 Å². The Morgan fingerprint density at radius 1 is 1.14 bits per heavy atom. The van der Waals surface area contributed by atoms with Crippen LogP contribution in [0.25, 0.3) is 10.6 Å². The summed E-state index contributed by atoms with van der Waals surface area (Å²) in [5.41, 5.74) is 2.25. The molecule has 0 aliphatic heterocycles. The Morgan fingerprint density at radius 2 is 1.89 bits per heavy atom. The smallest absolute Gasteiger partial charge is 0.407 e. The monoisotopic (exact) mass is 536 g/mol. The van der Waals surface area contributed by atoms with Gasteiger partial charge in [0.2, 0.25) is 5.91 Å². The van der Waals surface area contributed by atoms with E-state index in [4.69, 9.17) is 14.3 Å². The highest BCUT2D eigenvalue weighted by molar-refractivity contribution is 7.80. The number of rotatable bonds is 11. The number of carbonyl (C=O) groups excluding carboxylic acids is 2. The first-order valence-corrected chi connectivity index (χ1v) is 13.7. The van der Waals surface area contributed by atoms with Gasteiger partial charge in [-0.25, -0.2) is 14.0 Å². The van der Waals surface area contributed by atoms with Crippen LogP contribution in [0.5, 0.6) is 0 Å². The molecule has 2 heterocycles. The molecule has 3 rings (SSSR count). The Labute approximate surface area is 214 Å². The number of hydrogen-bond donors (Lipinski definition) is 4. The molecule has 35 heavy (non-hydrogen) atoms. The zero-order valence-electron chi connectivity index (χ0n) is 19.5. The van der Waals surface area contributed by atoms with E-state index in [2.05, 4.69) is 15.4 Å². The number of benzene rings is 1. The normalized spacial score (nSPS) is 13.6. The summed E-state index contributed by atoms with van der Waals surface area (Å²) in [6.07, 6.45) is 0.226. The van der Waals surface area contributed by atoms with Crippen LogP contribution >= 0.6 is 22.7 Å². The topological polar surface area (TPSA) is 130 Å². The SMILES string of the molecule is COC(=O)N[C@@H](CC(C)C)C(=O)N[C@@H](Cc1ccc(NS(=O)O)cc1)c1nc(-c2cccs2)cs1. The van der Waals surface area contributed by atoms with Gasteiger partial charge in [0.05, 0.1) is 23.7 Å². The third-order valence-corrected chi connectivity index (χ3v) is 7.27. The van der Waals surface area contributed by atoms with Crippen LogP contribution in [0.15, 0.2) is 47.2 Å². The first-order chi connectivity index (χ1) is 16.7. The highest BCUT2D eigenvalue weighted by atomic mass is 32.2. The molecule has 9 nitrogen and oxygen atoms in total. The lowest BCUT2D eigenvalue weighted by molar-refractivity contribution is -0.124. The molecular formula is C23H28N4O5S3. The maximum absolute atomic E-state index is 13.2. The van der Waals surface area contributed by atoms with Gasteiger partial charge in [0.1, 0.15) is 11.0 Å². The van der Waals surface area contributed by atoms with Crippen molar-refractivity contribution in [3.8, 4) is 10.6 Å². The van der Waals surface area contributed by atoms with Gasteiger partial charge < -0.3 is 15.4 Å². The summed E-state index contributed by atoms with van der Waals surface area (Å²) in [6.45, 7) is 3.94. The zero-order chi connectivity index (χ0) is 25.4. The molecule has 188 valence electrons. The van der Waals surface area contributed by atoms with Gasteiger partial charge in [0, 0.05) is 11.1 Å². The number of hydrogen-bond acceptors (Lipinski definition) is 7. The van der Waals surface area contributed by atoms with Crippen LogP contribution in [0.3, 0.4) is 0 Å². The molecule has 3 aromatic rings. The number of thiazole rings is 1. The summed E-state index contributed by atoms with van der Waals surface area (Å²) in [4.78, 5) is 30.9. The minimum Gasteiger partial charge on any atom is -0.453 e. The van der Waals surface area contributed by atoms with Crippen molar-refractivity contribution < 1.29 is 23.1 Å². The average Bonchev–Trinajstić information content (AvgIpc) is 3.50. The number of thiophene rings is 1. The van der Waals surface area contributed by atoms with Crippen molar-refractivity contribution in [1.29, 1.82) is 0 Å². The first-order valence-electron chi connectivity index (χ1n) is 10.9. The zero-order valence-corrected chi connectivity index (χ0v) is 22.0. The second kappa shape index (κ2) is 12.8. The molecule has 1 unspecified atom stereocenters. The van der Waals surface area contributed by atoms with Crippen molar-refractivity contribution in [2.75, 3.05) is 11.8 Å². The summed E-state index contributed by atoms with van der Waals surface area (Å²) in [5.74, 6) is -0.153. The van der Waals surface area contributed by atoms with Crippen molar-refractivity contribution in [2.45, 2.75) is 38.8 Å². The van der Waals surface area contributed by atoms with Gasteiger partial charge in [0.15, 0.2) is 0 Å². The molecular weight excluding hydrogens is 508 g/mol. The summed E-state index contributed by atoms with van der Waals surface area (Å²) in [7, 11) is 1.26. The predicted octanol–water partition coefficient (Wildman–Crippen LogP) is 4.59. The van der Waals surface area contributed by atoms with E-state index in [9.17, 15) is 13.8 Å². The van der Waals surface area contributed by atoms with Crippen molar-refractivity contribution in [1.82, 2.24) is 15.6 Å². The summed E-state index contributed by atoms with van der Waals surface area (Å²) >= 11 is 0.887. The fourth-order valence-corrected chi connectivity index (χ4v) is 5.38. The van der Waals surface area contributed by atoms with E-state index in [1.807, 2.05) is 48.9 Å². The molecule has 4 N–H and O–H groups in total.